The lowest BCUT2D eigenvalue weighted by atomic mass is 10.3. The van der Waals surface area contributed by atoms with Gasteiger partial charge in [0.25, 0.3) is 0 Å². The Balaban J connectivity index is 2.05. The Kier molecular flexibility index (Phi) is 3.56. The van der Waals surface area contributed by atoms with Crippen LogP contribution >= 0.6 is 22.7 Å². The minimum atomic E-state index is -0.547. The molecule has 0 atom stereocenters. The Morgan fingerprint density at radius 2 is 2.25 bits per heavy atom. The quantitative estimate of drug-likeness (QED) is 0.690. The zero-order valence-corrected chi connectivity index (χ0v) is 12.5. The maximum Gasteiger partial charge on any atom is 0.376 e. The van der Waals surface area contributed by atoms with Gasteiger partial charge in [0, 0.05) is 16.5 Å². The number of methoxy groups -OCH3 is 2. The maximum absolute atomic E-state index is 11.7. The fourth-order valence-electron chi connectivity index (χ4n) is 1.82. The average molecular weight is 309 g/mol. The minimum Gasteiger partial charge on any atom is -0.463 e. The number of carbonyl (C=O) groups excluding carboxylic acids is 1. The molecule has 3 rings (SSSR count). The van der Waals surface area contributed by atoms with Gasteiger partial charge in [0.15, 0.2) is 0 Å². The molecule has 0 aliphatic rings. The van der Waals surface area contributed by atoms with Gasteiger partial charge in [-0.05, 0) is 17.5 Å². The molecule has 0 unspecified atom stereocenters. The zero-order valence-electron chi connectivity index (χ0n) is 10.8. The van der Waals surface area contributed by atoms with Gasteiger partial charge >= 0.3 is 5.97 Å². The van der Waals surface area contributed by atoms with Crippen LogP contribution in [0.25, 0.3) is 20.2 Å². The Morgan fingerprint density at radius 3 is 2.95 bits per heavy atom. The van der Waals surface area contributed by atoms with Crippen LogP contribution in [0.1, 0.15) is 16.2 Å². The van der Waals surface area contributed by atoms with Crippen molar-refractivity contribution >= 4 is 38.0 Å². The van der Waals surface area contributed by atoms with Crippen LogP contribution in [-0.2, 0) is 16.1 Å². The molecule has 7 heteroatoms. The summed E-state index contributed by atoms with van der Waals surface area (Å²) in [6, 6.07) is 4.06. The summed E-state index contributed by atoms with van der Waals surface area (Å²) in [7, 11) is 2.85. The fraction of sp³-hybridized carbons (Fsp3) is 0.231. The molecular formula is C13H11NO4S2. The highest BCUT2D eigenvalue weighted by atomic mass is 32.1. The normalized spacial score (nSPS) is 11.1. The maximum atomic E-state index is 11.7. The van der Waals surface area contributed by atoms with Gasteiger partial charge in [0.2, 0.25) is 11.7 Å². The van der Waals surface area contributed by atoms with E-state index in [2.05, 4.69) is 4.98 Å². The van der Waals surface area contributed by atoms with E-state index in [1.54, 1.807) is 22.7 Å². The van der Waals surface area contributed by atoms with E-state index in [1.807, 2.05) is 17.5 Å². The van der Waals surface area contributed by atoms with Crippen LogP contribution in [0.3, 0.4) is 0 Å². The molecule has 0 aliphatic heterocycles. The second-order valence-electron chi connectivity index (χ2n) is 3.98. The molecule has 0 radical (unpaired) electrons. The number of oxazole rings is 1. The summed E-state index contributed by atoms with van der Waals surface area (Å²) in [5, 5.41) is 2.04. The van der Waals surface area contributed by atoms with Gasteiger partial charge in [-0.2, -0.15) is 0 Å². The molecule has 104 valence electrons. The van der Waals surface area contributed by atoms with Crippen LogP contribution in [0.5, 0.6) is 0 Å². The van der Waals surface area contributed by atoms with Gasteiger partial charge in [0.05, 0.1) is 18.6 Å². The molecule has 20 heavy (non-hydrogen) atoms. The number of aromatic nitrogens is 1. The van der Waals surface area contributed by atoms with E-state index in [9.17, 15) is 4.79 Å². The van der Waals surface area contributed by atoms with Crippen molar-refractivity contribution in [3.8, 4) is 10.8 Å². The van der Waals surface area contributed by atoms with Crippen molar-refractivity contribution in [3.63, 3.8) is 0 Å². The molecule has 0 amide bonds. The summed E-state index contributed by atoms with van der Waals surface area (Å²) < 4.78 is 17.6. The summed E-state index contributed by atoms with van der Waals surface area (Å²) in [5.41, 5.74) is 0.450. The highest BCUT2D eigenvalue weighted by Gasteiger charge is 2.22. The van der Waals surface area contributed by atoms with Crippen molar-refractivity contribution in [2.75, 3.05) is 14.2 Å². The molecule has 0 fully saturated rings. The number of hydrogen-bond acceptors (Lipinski definition) is 7. The Labute approximate surface area is 122 Å². The SMILES string of the molecule is COCc1nc(-c2cc3sccc3s2)oc1C(=O)OC. The third kappa shape index (κ3) is 2.24. The molecular weight excluding hydrogens is 298 g/mol. The van der Waals surface area contributed by atoms with Gasteiger partial charge in [-0.25, -0.2) is 9.78 Å². The summed E-state index contributed by atoms with van der Waals surface area (Å²) in [6.45, 7) is 0.202. The fourth-order valence-corrected chi connectivity index (χ4v) is 3.85. The number of ether oxygens (including phenoxy) is 2. The summed E-state index contributed by atoms with van der Waals surface area (Å²) in [4.78, 5) is 16.9. The van der Waals surface area contributed by atoms with E-state index in [1.165, 1.54) is 23.6 Å². The molecule has 0 aliphatic carbocycles. The van der Waals surface area contributed by atoms with E-state index >= 15 is 0 Å². The van der Waals surface area contributed by atoms with Crippen LogP contribution in [0.4, 0.5) is 0 Å². The van der Waals surface area contributed by atoms with Crippen LogP contribution in [0.2, 0.25) is 0 Å². The second-order valence-corrected chi connectivity index (χ2v) is 6.01. The first kappa shape index (κ1) is 13.3. The van der Waals surface area contributed by atoms with Gasteiger partial charge in [-0.3, -0.25) is 0 Å². The third-order valence-corrected chi connectivity index (χ3v) is 4.78. The first-order valence-electron chi connectivity index (χ1n) is 5.77. The molecule has 0 bridgehead atoms. The molecule has 5 nitrogen and oxygen atoms in total. The van der Waals surface area contributed by atoms with E-state index in [4.69, 9.17) is 13.9 Å². The van der Waals surface area contributed by atoms with Crippen molar-refractivity contribution in [1.29, 1.82) is 0 Å². The van der Waals surface area contributed by atoms with Crippen molar-refractivity contribution < 1.29 is 18.7 Å². The summed E-state index contributed by atoms with van der Waals surface area (Å²) in [5.74, 6) is -0.0267. The molecule has 0 saturated carbocycles. The van der Waals surface area contributed by atoms with E-state index in [0.29, 0.717) is 11.6 Å². The first-order chi connectivity index (χ1) is 9.72. The Hall–Kier alpha value is -1.70. The van der Waals surface area contributed by atoms with Crippen LogP contribution in [0, 0.1) is 0 Å². The lowest BCUT2D eigenvalue weighted by molar-refractivity contribution is 0.0559. The number of nitrogens with zero attached hydrogens (tertiary/aromatic N) is 1. The largest absolute Gasteiger partial charge is 0.463 e. The average Bonchev–Trinajstić information content (AvgIpc) is 3.10. The van der Waals surface area contributed by atoms with E-state index in [-0.39, 0.29) is 12.4 Å². The van der Waals surface area contributed by atoms with Crippen LogP contribution < -0.4 is 0 Å². The second kappa shape index (κ2) is 5.35. The summed E-state index contributed by atoms with van der Waals surface area (Å²) in [6.07, 6.45) is 0. The topological polar surface area (TPSA) is 61.6 Å². The lowest BCUT2D eigenvalue weighted by Crippen LogP contribution is -2.04. The third-order valence-electron chi connectivity index (χ3n) is 2.70. The molecule has 0 saturated heterocycles. The number of hydrogen-bond donors (Lipinski definition) is 0. The van der Waals surface area contributed by atoms with Crippen molar-refractivity contribution in [2.24, 2.45) is 0 Å². The minimum absolute atomic E-state index is 0.0982. The number of esters is 1. The number of thiophene rings is 2. The van der Waals surface area contributed by atoms with Gasteiger partial charge in [0.1, 0.15) is 5.69 Å². The van der Waals surface area contributed by atoms with E-state index in [0.717, 1.165) is 4.88 Å². The monoisotopic (exact) mass is 309 g/mol. The van der Waals surface area contributed by atoms with Crippen molar-refractivity contribution in [3.05, 3.63) is 29.0 Å². The van der Waals surface area contributed by atoms with Crippen molar-refractivity contribution in [2.45, 2.75) is 6.61 Å². The molecule has 0 N–H and O–H groups in total. The summed E-state index contributed by atoms with van der Waals surface area (Å²) >= 11 is 3.24. The Morgan fingerprint density at radius 1 is 1.40 bits per heavy atom. The molecule has 3 aromatic rings. The van der Waals surface area contributed by atoms with Gasteiger partial charge in [-0.15, -0.1) is 22.7 Å². The molecule has 3 aromatic heterocycles. The Bertz CT molecular complexity index is 727. The lowest BCUT2D eigenvalue weighted by Gasteiger charge is -1.96. The number of carbonyl (C=O) groups is 1. The van der Waals surface area contributed by atoms with Crippen molar-refractivity contribution in [1.82, 2.24) is 4.98 Å². The van der Waals surface area contributed by atoms with Gasteiger partial charge in [-0.1, -0.05) is 0 Å². The van der Waals surface area contributed by atoms with Crippen LogP contribution in [-0.4, -0.2) is 25.2 Å². The molecule has 0 spiro atoms. The zero-order chi connectivity index (χ0) is 14.1. The highest BCUT2D eigenvalue weighted by molar-refractivity contribution is 7.28. The first-order valence-corrected chi connectivity index (χ1v) is 7.47. The van der Waals surface area contributed by atoms with E-state index < -0.39 is 5.97 Å². The molecule has 3 heterocycles. The predicted molar refractivity (Wildman–Crippen MR) is 77.3 cm³/mol. The predicted octanol–water partition coefficient (Wildman–Crippen LogP) is 3.55. The standard InChI is InChI=1S/C13H11NO4S2/c1-16-6-7-11(13(15)17-2)18-12(14-7)10-5-9-8(20-10)3-4-19-9/h3-5H,6H2,1-2H3. The van der Waals surface area contributed by atoms with Gasteiger partial charge < -0.3 is 13.9 Å². The number of fused-ring (bicyclic) bond motifs is 1. The highest BCUT2D eigenvalue weighted by Crippen LogP contribution is 2.36. The van der Waals surface area contributed by atoms with Crippen LogP contribution in [0.15, 0.2) is 21.9 Å². The smallest absolute Gasteiger partial charge is 0.376 e. The molecule has 0 aromatic carbocycles. The number of rotatable bonds is 4.